The van der Waals surface area contributed by atoms with Gasteiger partial charge in [0.25, 0.3) is 0 Å². The molecule has 0 saturated carbocycles. The van der Waals surface area contributed by atoms with Gasteiger partial charge in [0.1, 0.15) is 16.7 Å². The van der Waals surface area contributed by atoms with E-state index >= 15 is 0 Å². The lowest BCUT2D eigenvalue weighted by Gasteiger charge is -2.36. The number of anilines is 6. The standard InChI is InChI=1S/C71H46N2O2/c1-6-22-47(23-7-1)49-38-41-55(42-39-49)72(53-30-12-4-13-31-53)62-46-59-67(66-58-35-19-21-37-64(58)74-69(62)66)68-60(71(59,51-26-8-2-9-27-51)52-28-10-3-11-29-52)45-61(65-57-34-18-20-36-63(57)75-70(65)68)73(54-32-14-5-15-33-54)56-43-40-48-24-16-17-25-50(48)44-56/h1-46H. The van der Waals surface area contributed by atoms with Gasteiger partial charge in [0, 0.05) is 50.0 Å². The van der Waals surface area contributed by atoms with Crippen LogP contribution in [0.5, 0.6) is 0 Å². The van der Waals surface area contributed by atoms with Crippen LogP contribution in [0.25, 0.3) is 76.9 Å². The molecule has 15 rings (SSSR count). The maximum absolute atomic E-state index is 7.48. The molecule has 14 aromatic rings. The molecule has 2 heterocycles. The fourth-order valence-corrected chi connectivity index (χ4v) is 12.3. The third-order valence-electron chi connectivity index (χ3n) is 15.5. The number of hydrogen-bond acceptors (Lipinski definition) is 4. The average molecular weight is 959 g/mol. The van der Waals surface area contributed by atoms with Crippen LogP contribution in [0.15, 0.2) is 288 Å². The van der Waals surface area contributed by atoms with E-state index in [9.17, 15) is 0 Å². The fraction of sp³-hybridized carbons (Fsp3) is 0.0141. The first-order valence-electron chi connectivity index (χ1n) is 25.7. The van der Waals surface area contributed by atoms with Gasteiger partial charge in [-0.25, -0.2) is 0 Å². The highest BCUT2D eigenvalue weighted by molar-refractivity contribution is 6.26. The Hall–Kier alpha value is -9.90. The Morgan fingerprint density at radius 2 is 0.733 bits per heavy atom. The summed E-state index contributed by atoms with van der Waals surface area (Å²) in [6.07, 6.45) is 0. The van der Waals surface area contributed by atoms with E-state index in [4.69, 9.17) is 8.83 Å². The summed E-state index contributed by atoms with van der Waals surface area (Å²) in [5.74, 6) is 0. The molecule has 4 nitrogen and oxygen atoms in total. The molecule has 0 amide bonds. The van der Waals surface area contributed by atoms with Gasteiger partial charge >= 0.3 is 0 Å². The topological polar surface area (TPSA) is 32.8 Å². The Morgan fingerprint density at radius 1 is 0.293 bits per heavy atom. The van der Waals surface area contributed by atoms with E-state index in [0.29, 0.717) is 0 Å². The molecular weight excluding hydrogens is 913 g/mol. The van der Waals surface area contributed by atoms with E-state index < -0.39 is 5.41 Å². The Kier molecular flexibility index (Phi) is 9.76. The van der Waals surface area contributed by atoms with Crippen LogP contribution in [0.4, 0.5) is 34.1 Å². The zero-order valence-electron chi connectivity index (χ0n) is 40.8. The zero-order chi connectivity index (χ0) is 49.5. The molecule has 0 spiro atoms. The van der Waals surface area contributed by atoms with Gasteiger partial charge in [0.2, 0.25) is 0 Å². The van der Waals surface area contributed by atoms with Crippen LogP contribution in [0, 0.1) is 0 Å². The molecule has 0 N–H and O–H groups in total. The summed E-state index contributed by atoms with van der Waals surface area (Å²) in [6, 6.07) is 101. The molecule has 12 aromatic carbocycles. The summed E-state index contributed by atoms with van der Waals surface area (Å²) < 4.78 is 14.8. The van der Waals surface area contributed by atoms with Gasteiger partial charge in [0.05, 0.1) is 22.2 Å². The van der Waals surface area contributed by atoms with E-state index in [-0.39, 0.29) is 0 Å². The average Bonchev–Trinajstić information content (AvgIpc) is 4.37. The molecule has 75 heavy (non-hydrogen) atoms. The molecule has 1 aliphatic carbocycles. The molecule has 0 unspecified atom stereocenters. The molecule has 0 radical (unpaired) electrons. The second-order valence-corrected chi connectivity index (χ2v) is 19.5. The molecule has 0 fully saturated rings. The highest BCUT2D eigenvalue weighted by Gasteiger charge is 2.50. The summed E-state index contributed by atoms with van der Waals surface area (Å²) in [6.45, 7) is 0. The Labute approximate surface area is 434 Å². The predicted molar refractivity (Wildman–Crippen MR) is 311 cm³/mol. The normalized spacial score (nSPS) is 12.6. The smallest absolute Gasteiger partial charge is 0.160 e. The van der Waals surface area contributed by atoms with Crippen LogP contribution < -0.4 is 9.80 Å². The third kappa shape index (κ3) is 6.56. The van der Waals surface area contributed by atoms with Gasteiger partial charge in [-0.15, -0.1) is 0 Å². The zero-order valence-corrected chi connectivity index (χ0v) is 40.8. The number of furan rings is 2. The second kappa shape index (κ2) is 17.1. The van der Waals surface area contributed by atoms with Crippen molar-refractivity contribution < 1.29 is 8.83 Å². The molecule has 1 aliphatic rings. The molecule has 352 valence electrons. The van der Waals surface area contributed by atoms with Crippen molar-refractivity contribution in [2.24, 2.45) is 0 Å². The Morgan fingerprint density at radius 3 is 1.36 bits per heavy atom. The minimum atomic E-state index is -0.873. The molecule has 0 atom stereocenters. The van der Waals surface area contributed by atoms with Gasteiger partial charge < -0.3 is 18.6 Å². The predicted octanol–water partition coefficient (Wildman–Crippen LogP) is 19.6. The molecular formula is C71H46N2O2. The first kappa shape index (κ1) is 42.8. The van der Waals surface area contributed by atoms with Gasteiger partial charge in [-0.05, 0) is 117 Å². The lowest BCUT2D eigenvalue weighted by molar-refractivity contribution is 0.668. The van der Waals surface area contributed by atoms with Crippen LogP contribution >= 0.6 is 0 Å². The number of hydrogen-bond donors (Lipinski definition) is 0. The molecule has 0 aliphatic heterocycles. The molecule has 0 bridgehead atoms. The van der Waals surface area contributed by atoms with Crippen LogP contribution in [-0.2, 0) is 5.41 Å². The maximum atomic E-state index is 7.48. The number of para-hydroxylation sites is 4. The van der Waals surface area contributed by atoms with Crippen LogP contribution in [0.3, 0.4) is 0 Å². The molecule has 4 heteroatoms. The summed E-state index contributed by atoms with van der Waals surface area (Å²) in [5, 5.41) is 6.52. The van der Waals surface area contributed by atoms with Crippen molar-refractivity contribution in [3.05, 3.63) is 301 Å². The summed E-state index contributed by atoms with van der Waals surface area (Å²) in [5.41, 5.74) is 17.5. The third-order valence-corrected chi connectivity index (χ3v) is 15.5. The summed E-state index contributed by atoms with van der Waals surface area (Å²) >= 11 is 0. The first-order valence-corrected chi connectivity index (χ1v) is 25.7. The highest BCUT2D eigenvalue weighted by atomic mass is 16.3. The van der Waals surface area contributed by atoms with Crippen molar-refractivity contribution in [1.82, 2.24) is 0 Å². The number of benzene rings is 12. The number of rotatable bonds is 9. The van der Waals surface area contributed by atoms with Crippen molar-refractivity contribution in [1.29, 1.82) is 0 Å². The minimum Gasteiger partial charge on any atom is -0.455 e. The van der Waals surface area contributed by atoms with E-state index in [1.807, 2.05) is 0 Å². The van der Waals surface area contributed by atoms with Crippen LogP contribution in [-0.4, -0.2) is 0 Å². The summed E-state index contributed by atoms with van der Waals surface area (Å²) in [4.78, 5) is 4.81. The second-order valence-electron chi connectivity index (χ2n) is 19.5. The minimum absolute atomic E-state index is 0.796. The largest absolute Gasteiger partial charge is 0.455 e. The van der Waals surface area contributed by atoms with Crippen molar-refractivity contribution >= 4 is 88.8 Å². The van der Waals surface area contributed by atoms with Crippen molar-refractivity contribution in [2.75, 3.05) is 9.80 Å². The quantitative estimate of drug-likeness (QED) is 0.144. The van der Waals surface area contributed by atoms with Crippen molar-refractivity contribution in [3.63, 3.8) is 0 Å². The van der Waals surface area contributed by atoms with Crippen LogP contribution in [0.1, 0.15) is 22.3 Å². The van der Waals surface area contributed by atoms with Crippen molar-refractivity contribution in [2.45, 2.75) is 5.41 Å². The first-order chi connectivity index (χ1) is 37.2. The lowest BCUT2D eigenvalue weighted by Crippen LogP contribution is -2.29. The van der Waals surface area contributed by atoms with E-state index in [2.05, 4.69) is 289 Å². The van der Waals surface area contributed by atoms with E-state index in [1.54, 1.807) is 0 Å². The highest BCUT2D eigenvalue weighted by Crippen LogP contribution is 2.64. The maximum Gasteiger partial charge on any atom is 0.160 e. The van der Waals surface area contributed by atoms with E-state index in [1.165, 1.54) is 16.3 Å². The summed E-state index contributed by atoms with van der Waals surface area (Å²) in [7, 11) is 0. The molecule has 2 aromatic heterocycles. The lowest BCUT2D eigenvalue weighted by atomic mass is 9.67. The molecule has 0 saturated heterocycles. The monoisotopic (exact) mass is 958 g/mol. The number of nitrogens with zero attached hydrogens (tertiary/aromatic N) is 2. The van der Waals surface area contributed by atoms with Gasteiger partial charge in [0.15, 0.2) is 5.58 Å². The fourth-order valence-electron chi connectivity index (χ4n) is 12.3. The van der Waals surface area contributed by atoms with E-state index in [0.717, 1.165) is 117 Å². The van der Waals surface area contributed by atoms with Gasteiger partial charge in [-0.3, -0.25) is 0 Å². The van der Waals surface area contributed by atoms with Gasteiger partial charge in [-0.2, -0.15) is 0 Å². The number of fused-ring (bicyclic) bond motifs is 12. The SMILES string of the molecule is c1ccc(-c2ccc(N(c3ccccc3)c3cc4c(c5c3oc3ccccc35)-c3c(cc(N(c5ccccc5)c5ccc6ccccc6c5)c5c3oc3ccccc35)C4(c3ccccc3)c3ccccc3)cc2)cc1. The van der Waals surface area contributed by atoms with Crippen molar-refractivity contribution in [3.8, 4) is 22.3 Å². The Bertz CT molecular complexity index is 4410. The van der Waals surface area contributed by atoms with Crippen LogP contribution in [0.2, 0.25) is 0 Å². The Balaban J connectivity index is 1.12. The van der Waals surface area contributed by atoms with Gasteiger partial charge in [-0.1, -0.05) is 206 Å².